The van der Waals surface area contributed by atoms with Gasteiger partial charge in [-0.05, 0) is 56.9 Å². The van der Waals surface area contributed by atoms with E-state index in [1.807, 2.05) is 14.1 Å². The minimum absolute atomic E-state index is 0.198. The molecule has 0 aliphatic carbocycles. The van der Waals surface area contributed by atoms with Crippen molar-refractivity contribution < 1.29 is 9.90 Å². The number of aromatic hydroxyl groups is 1. The molecule has 19 heavy (non-hydrogen) atoms. The number of carbonyl (C=O) groups excluding carboxylic acids is 1. The number of hydrazone groups is 1. The van der Waals surface area contributed by atoms with E-state index >= 15 is 0 Å². The topological polar surface area (TPSA) is 77.0 Å². The molecule has 0 atom stereocenters. The Kier molecular flexibility index (Phi) is 6.38. The number of hydrogen-bond acceptors (Lipinski definition) is 4. The summed E-state index contributed by atoms with van der Waals surface area (Å²) < 4.78 is 0. The van der Waals surface area contributed by atoms with Crippen LogP contribution in [0.25, 0.3) is 0 Å². The molecule has 0 aromatic heterocycles. The van der Waals surface area contributed by atoms with E-state index < -0.39 is 0 Å². The lowest BCUT2D eigenvalue weighted by Crippen LogP contribution is -2.34. The highest BCUT2D eigenvalue weighted by Crippen LogP contribution is 2.07. The number of amides is 2. The number of hydrogen-bond donors (Lipinski definition) is 3. The lowest BCUT2D eigenvalue weighted by atomic mass is 10.2. The predicted molar refractivity (Wildman–Crippen MR) is 75.4 cm³/mol. The van der Waals surface area contributed by atoms with Gasteiger partial charge < -0.3 is 15.3 Å². The predicted octanol–water partition coefficient (Wildman–Crippen LogP) is 0.977. The second kappa shape index (κ2) is 8.10. The Hall–Kier alpha value is -2.08. The Labute approximate surface area is 113 Å². The normalized spacial score (nSPS) is 10.9. The lowest BCUT2D eigenvalue weighted by molar-refractivity contribution is 0.240. The van der Waals surface area contributed by atoms with Crippen molar-refractivity contribution in [1.82, 2.24) is 15.6 Å². The largest absolute Gasteiger partial charge is 0.508 e. The number of phenolic OH excluding ortho intramolecular Hbond substituents is 1. The van der Waals surface area contributed by atoms with Crippen molar-refractivity contribution >= 4 is 12.2 Å². The van der Waals surface area contributed by atoms with Crippen molar-refractivity contribution in [1.29, 1.82) is 0 Å². The molecule has 104 valence electrons. The molecule has 0 bridgehead atoms. The Balaban J connectivity index is 2.20. The summed E-state index contributed by atoms with van der Waals surface area (Å²) in [4.78, 5) is 13.4. The van der Waals surface area contributed by atoms with Crippen LogP contribution < -0.4 is 10.7 Å². The van der Waals surface area contributed by atoms with Crippen molar-refractivity contribution in [2.45, 2.75) is 6.42 Å². The molecule has 0 saturated carbocycles. The van der Waals surface area contributed by atoms with Crippen LogP contribution in [0.3, 0.4) is 0 Å². The summed E-state index contributed by atoms with van der Waals surface area (Å²) in [5, 5.41) is 15.6. The first kappa shape index (κ1) is 15.0. The van der Waals surface area contributed by atoms with Crippen LogP contribution in [-0.2, 0) is 0 Å². The highest BCUT2D eigenvalue weighted by atomic mass is 16.3. The van der Waals surface area contributed by atoms with Crippen LogP contribution in [-0.4, -0.2) is 49.4 Å². The fraction of sp³-hybridized carbons (Fsp3) is 0.385. The molecular formula is C13H20N4O2. The van der Waals surface area contributed by atoms with Crippen molar-refractivity contribution in [3.63, 3.8) is 0 Å². The maximum atomic E-state index is 11.3. The van der Waals surface area contributed by atoms with Crippen molar-refractivity contribution in [2.24, 2.45) is 5.10 Å². The Morgan fingerprint density at radius 1 is 1.37 bits per heavy atom. The maximum Gasteiger partial charge on any atom is 0.335 e. The highest BCUT2D eigenvalue weighted by molar-refractivity contribution is 5.81. The SMILES string of the molecule is CN(C)CCCNC(=O)N/N=C/c1ccc(O)cc1. The number of rotatable bonds is 6. The quantitative estimate of drug-likeness (QED) is 0.407. The zero-order valence-corrected chi connectivity index (χ0v) is 11.3. The first-order chi connectivity index (χ1) is 9.08. The van der Waals surface area contributed by atoms with Crippen LogP contribution in [0.2, 0.25) is 0 Å². The van der Waals surface area contributed by atoms with Crippen LogP contribution in [0.15, 0.2) is 29.4 Å². The van der Waals surface area contributed by atoms with E-state index in [1.165, 1.54) is 6.21 Å². The van der Waals surface area contributed by atoms with E-state index in [0.29, 0.717) is 6.54 Å². The molecule has 1 aromatic rings. The summed E-state index contributed by atoms with van der Waals surface area (Å²) in [6, 6.07) is 6.20. The van der Waals surface area contributed by atoms with Crippen molar-refractivity contribution in [3.05, 3.63) is 29.8 Å². The van der Waals surface area contributed by atoms with Crippen LogP contribution >= 0.6 is 0 Å². The van der Waals surface area contributed by atoms with Gasteiger partial charge in [0.05, 0.1) is 6.21 Å². The van der Waals surface area contributed by atoms with Gasteiger partial charge in [-0.25, -0.2) is 10.2 Å². The van der Waals surface area contributed by atoms with Crippen LogP contribution in [0.5, 0.6) is 5.75 Å². The Morgan fingerprint density at radius 2 is 2.05 bits per heavy atom. The molecule has 1 rings (SSSR count). The van der Waals surface area contributed by atoms with E-state index in [-0.39, 0.29) is 11.8 Å². The molecule has 3 N–H and O–H groups in total. The van der Waals surface area contributed by atoms with Crippen LogP contribution in [0, 0.1) is 0 Å². The molecule has 0 unspecified atom stereocenters. The molecule has 6 heteroatoms. The van der Waals surface area contributed by atoms with E-state index in [9.17, 15) is 4.79 Å². The Bertz CT molecular complexity index is 415. The van der Waals surface area contributed by atoms with E-state index in [4.69, 9.17) is 5.11 Å². The molecule has 6 nitrogen and oxygen atoms in total. The molecule has 0 aliphatic rings. The van der Waals surface area contributed by atoms with Gasteiger partial charge in [-0.15, -0.1) is 0 Å². The molecule has 0 heterocycles. The maximum absolute atomic E-state index is 11.3. The first-order valence-electron chi connectivity index (χ1n) is 6.08. The van der Waals surface area contributed by atoms with Gasteiger partial charge in [-0.3, -0.25) is 0 Å². The number of carbonyl (C=O) groups is 1. The van der Waals surface area contributed by atoms with Gasteiger partial charge in [-0.1, -0.05) is 0 Å². The van der Waals surface area contributed by atoms with Gasteiger partial charge >= 0.3 is 6.03 Å². The number of nitrogens with one attached hydrogen (secondary N) is 2. The minimum atomic E-state index is -0.325. The molecule has 0 fully saturated rings. The minimum Gasteiger partial charge on any atom is -0.508 e. The number of phenols is 1. The van der Waals surface area contributed by atoms with Crippen LogP contribution in [0.1, 0.15) is 12.0 Å². The lowest BCUT2D eigenvalue weighted by Gasteiger charge is -2.09. The van der Waals surface area contributed by atoms with Crippen molar-refractivity contribution in [3.8, 4) is 5.75 Å². The summed E-state index contributed by atoms with van der Waals surface area (Å²) in [7, 11) is 3.98. The third-order valence-electron chi connectivity index (χ3n) is 2.34. The second-order valence-electron chi connectivity index (χ2n) is 4.37. The molecule has 0 aliphatic heterocycles. The average Bonchev–Trinajstić information content (AvgIpc) is 2.37. The summed E-state index contributed by atoms with van der Waals surface area (Å²) >= 11 is 0. The van der Waals surface area contributed by atoms with E-state index in [2.05, 4.69) is 20.7 Å². The molecular weight excluding hydrogens is 244 g/mol. The molecule has 0 radical (unpaired) electrons. The summed E-state index contributed by atoms with van der Waals surface area (Å²) in [5.74, 6) is 0.198. The monoisotopic (exact) mass is 264 g/mol. The van der Waals surface area contributed by atoms with Crippen LogP contribution in [0.4, 0.5) is 4.79 Å². The fourth-order valence-corrected chi connectivity index (χ4v) is 1.36. The molecule has 0 saturated heterocycles. The number of nitrogens with zero attached hydrogens (tertiary/aromatic N) is 2. The second-order valence-corrected chi connectivity index (χ2v) is 4.37. The molecule has 2 amide bonds. The zero-order valence-electron chi connectivity index (χ0n) is 11.3. The van der Waals surface area contributed by atoms with Gasteiger partial charge in [-0.2, -0.15) is 5.10 Å². The fourth-order valence-electron chi connectivity index (χ4n) is 1.36. The smallest absolute Gasteiger partial charge is 0.335 e. The molecule has 0 spiro atoms. The zero-order chi connectivity index (χ0) is 14.1. The summed E-state index contributed by atoms with van der Waals surface area (Å²) in [6.45, 7) is 1.54. The van der Waals surface area contributed by atoms with E-state index in [0.717, 1.165) is 18.5 Å². The van der Waals surface area contributed by atoms with Gasteiger partial charge in [0.25, 0.3) is 0 Å². The van der Waals surface area contributed by atoms with Gasteiger partial charge in [0.2, 0.25) is 0 Å². The number of benzene rings is 1. The van der Waals surface area contributed by atoms with E-state index in [1.54, 1.807) is 24.3 Å². The van der Waals surface area contributed by atoms with Gasteiger partial charge in [0, 0.05) is 6.54 Å². The first-order valence-corrected chi connectivity index (χ1v) is 6.08. The molecule has 1 aromatic carbocycles. The standard InChI is InChI=1S/C13H20N4O2/c1-17(2)9-3-8-14-13(19)16-15-10-11-4-6-12(18)7-5-11/h4-7,10,18H,3,8-9H2,1-2H3,(H2,14,16,19)/b15-10+. The van der Waals surface area contributed by atoms with Crippen molar-refractivity contribution in [2.75, 3.05) is 27.2 Å². The number of urea groups is 1. The highest BCUT2D eigenvalue weighted by Gasteiger charge is 1.97. The third-order valence-corrected chi connectivity index (χ3v) is 2.34. The third kappa shape index (κ3) is 7.05. The van der Waals surface area contributed by atoms with Gasteiger partial charge in [0.1, 0.15) is 5.75 Å². The summed E-state index contributed by atoms with van der Waals surface area (Å²) in [6.07, 6.45) is 2.40. The summed E-state index contributed by atoms with van der Waals surface area (Å²) in [5.41, 5.74) is 3.17. The Morgan fingerprint density at radius 3 is 2.68 bits per heavy atom. The van der Waals surface area contributed by atoms with Gasteiger partial charge in [0.15, 0.2) is 0 Å². The average molecular weight is 264 g/mol.